The molecule has 0 aliphatic heterocycles. The summed E-state index contributed by atoms with van der Waals surface area (Å²) in [5.74, 6) is 1.11. The van der Waals surface area contributed by atoms with E-state index in [1.54, 1.807) is 0 Å². The maximum absolute atomic E-state index is 5.98. The molecular formula is C12H20N2S. The number of anilines is 2. The summed E-state index contributed by atoms with van der Waals surface area (Å²) in [4.78, 5) is 2.25. The summed E-state index contributed by atoms with van der Waals surface area (Å²) in [7, 11) is 2.10. The standard InChI is InChI=1S/C12H20N2S/c1-9-5-6-11(13)12(7-9)14(3)10(2)8-15-4/h5-7,10H,8,13H2,1-4H3. The second-order valence-corrected chi connectivity index (χ2v) is 4.89. The molecule has 0 amide bonds. The highest BCUT2D eigenvalue weighted by Gasteiger charge is 2.11. The smallest absolute Gasteiger partial charge is 0.0602 e. The van der Waals surface area contributed by atoms with Gasteiger partial charge in [0.15, 0.2) is 0 Å². The Morgan fingerprint density at radius 3 is 2.73 bits per heavy atom. The first kappa shape index (κ1) is 12.2. The van der Waals surface area contributed by atoms with E-state index in [0.717, 1.165) is 17.1 Å². The zero-order chi connectivity index (χ0) is 11.4. The average molecular weight is 224 g/mol. The van der Waals surface area contributed by atoms with Crippen LogP contribution >= 0.6 is 11.8 Å². The Hall–Kier alpha value is -0.830. The lowest BCUT2D eigenvalue weighted by atomic mass is 10.1. The largest absolute Gasteiger partial charge is 0.397 e. The van der Waals surface area contributed by atoms with Crippen LogP contribution in [-0.4, -0.2) is 25.1 Å². The van der Waals surface area contributed by atoms with Crippen molar-refractivity contribution < 1.29 is 0 Å². The molecule has 0 saturated heterocycles. The van der Waals surface area contributed by atoms with Crippen LogP contribution in [0.3, 0.4) is 0 Å². The number of hydrogen-bond donors (Lipinski definition) is 1. The minimum absolute atomic E-state index is 0.504. The van der Waals surface area contributed by atoms with E-state index in [4.69, 9.17) is 5.73 Å². The molecule has 1 rings (SSSR count). The zero-order valence-electron chi connectivity index (χ0n) is 9.95. The molecule has 0 radical (unpaired) electrons. The molecule has 0 heterocycles. The lowest BCUT2D eigenvalue weighted by Crippen LogP contribution is -2.31. The topological polar surface area (TPSA) is 29.3 Å². The fourth-order valence-corrected chi connectivity index (χ4v) is 2.26. The number of nitrogens with zero attached hydrogens (tertiary/aromatic N) is 1. The van der Waals surface area contributed by atoms with Crippen LogP contribution in [0.25, 0.3) is 0 Å². The number of nitrogen functional groups attached to an aromatic ring is 1. The minimum Gasteiger partial charge on any atom is -0.397 e. The molecule has 0 aliphatic carbocycles. The molecule has 1 unspecified atom stereocenters. The van der Waals surface area contributed by atoms with Crippen molar-refractivity contribution >= 4 is 23.1 Å². The van der Waals surface area contributed by atoms with Crippen LogP contribution in [0.1, 0.15) is 12.5 Å². The number of nitrogens with two attached hydrogens (primary N) is 1. The van der Waals surface area contributed by atoms with E-state index in [1.807, 2.05) is 23.9 Å². The fraction of sp³-hybridized carbons (Fsp3) is 0.500. The van der Waals surface area contributed by atoms with Crippen LogP contribution in [0, 0.1) is 6.92 Å². The van der Waals surface area contributed by atoms with Crippen molar-refractivity contribution in [1.29, 1.82) is 0 Å². The summed E-state index contributed by atoms with van der Waals surface area (Å²) in [5, 5.41) is 0. The number of benzene rings is 1. The van der Waals surface area contributed by atoms with Gasteiger partial charge in [0.25, 0.3) is 0 Å². The first-order valence-corrected chi connectivity index (χ1v) is 6.53. The Morgan fingerprint density at radius 1 is 1.47 bits per heavy atom. The Bertz CT molecular complexity index is 325. The van der Waals surface area contributed by atoms with E-state index in [9.17, 15) is 0 Å². The van der Waals surface area contributed by atoms with Gasteiger partial charge in [0.1, 0.15) is 0 Å². The average Bonchev–Trinajstić information content (AvgIpc) is 2.21. The zero-order valence-corrected chi connectivity index (χ0v) is 10.8. The first-order valence-electron chi connectivity index (χ1n) is 5.14. The number of thioether (sulfide) groups is 1. The molecule has 0 saturated carbocycles. The second kappa shape index (κ2) is 5.31. The van der Waals surface area contributed by atoms with Gasteiger partial charge in [0.05, 0.1) is 11.4 Å². The molecule has 1 aromatic carbocycles. The third kappa shape index (κ3) is 3.06. The third-order valence-electron chi connectivity index (χ3n) is 2.63. The van der Waals surface area contributed by atoms with Gasteiger partial charge in [0, 0.05) is 18.8 Å². The monoisotopic (exact) mass is 224 g/mol. The summed E-state index contributed by atoms with van der Waals surface area (Å²) in [6, 6.07) is 6.68. The molecule has 1 aromatic rings. The van der Waals surface area contributed by atoms with Gasteiger partial charge in [-0.05, 0) is 37.8 Å². The molecule has 0 spiro atoms. The summed E-state index contributed by atoms with van der Waals surface area (Å²) in [5.41, 5.74) is 9.22. The second-order valence-electron chi connectivity index (χ2n) is 3.98. The molecule has 0 aliphatic rings. The molecule has 84 valence electrons. The molecule has 2 nitrogen and oxygen atoms in total. The Labute approximate surface area is 96.8 Å². The van der Waals surface area contributed by atoms with Crippen molar-refractivity contribution in [2.45, 2.75) is 19.9 Å². The Kier molecular flexibility index (Phi) is 4.33. The van der Waals surface area contributed by atoms with E-state index in [1.165, 1.54) is 5.56 Å². The van der Waals surface area contributed by atoms with E-state index in [0.29, 0.717) is 6.04 Å². The van der Waals surface area contributed by atoms with Crippen LogP contribution in [0.5, 0.6) is 0 Å². The Morgan fingerprint density at radius 2 is 2.13 bits per heavy atom. The normalized spacial score (nSPS) is 12.5. The van der Waals surface area contributed by atoms with Crippen molar-refractivity contribution in [2.75, 3.05) is 29.7 Å². The molecule has 1 atom stereocenters. The van der Waals surface area contributed by atoms with E-state index in [-0.39, 0.29) is 0 Å². The van der Waals surface area contributed by atoms with Crippen LogP contribution in [0.2, 0.25) is 0 Å². The van der Waals surface area contributed by atoms with Crippen molar-refractivity contribution in [3.8, 4) is 0 Å². The molecule has 0 bridgehead atoms. The maximum Gasteiger partial charge on any atom is 0.0602 e. The predicted molar refractivity (Wildman–Crippen MR) is 71.8 cm³/mol. The number of aryl methyl sites for hydroxylation is 1. The van der Waals surface area contributed by atoms with Crippen molar-refractivity contribution in [1.82, 2.24) is 0 Å². The maximum atomic E-state index is 5.98. The van der Waals surface area contributed by atoms with Crippen LogP contribution in [0.4, 0.5) is 11.4 Å². The minimum atomic E-state index is 0.504. The summed E-state index contributed by atoms with van der Waals surface area (Å²) in [6.45, 7) is 4.31. The summed E-state index contributed by atoms with van der Waals surface area (Å²) >= 11 is 1.86. The molecular weight excluding hydrogens is 204 g/mol. The molecule has 2 N–H and O–H groups in total. The molecule has 15 heavy (non-hydrogen) atoms. The molecule has 0 fully saturated rings. The van der Waals surface area contributed by atoms with Crippen molar-refractivity contribution in [3.63, 3.8) is 0 Å². The van der Waals surface area contributed by atoms with Gasteiger partial charge >= 0.3 is 0 Å². The summed E-state index contributed by atoms with van der Waals surface area (Å²) in [6.07, 6.45) is 2.13. The van der Waals surface area contributed by atoms with Gasteiger partial charge in [-0.15, -0.1) is 0 Å². The van der Waals surface area contributed by atoms with Gasteiger partial charge in [-0.25, -0.2) is 0 Å². The van der Waals surface area contributed by atoms with Crippen LogP contribution in [0.15, 0.2) is 18.2 Å². The lowest BCUT2D eigenvalue weighted by Gasteiger charge is -2.28. The van der Waals surface area contributed by atoms with E-state index >= 15 is 0 Å². The highest BCUT2D eigenvalue weighted by molar-refractivity contribution is 7.98. The Balaban J connectivity index is 2.89. The van der Waals surface area contributed by atoms with Crippen molar-refractivity contribution in [2.24, 2.45) is 0 Å². The fourth-order valence-electron chi connectivity index (χ4n) is 1.55. The lowest BCUT2D eigenvalue weighted by molar-refractivity contribution is 0.766. The van der Waals surface area contributed by atoms with Crippen molar-refractivity contribution in [3.05, 3.63) is 23.8 Å². The van der Waals surface area contributed by atoms with E-state index < -0.39 is 0 Å². The highest BCUT2D eigenvalue weighted by atomic mass is 32.2. The number of hydrogen-bond acceptors (Lipinski definition) is 3. The molecule has 0 aromatic heterocycles. The highest BCUT2D eigenvalue weighted by Crippen LogP contribution is 2.25. The number of rotatable bonds is 4. The van der Waals surface area contributed by atoms with Gasteiger partial charge < -0.3 is 10.6 Å². The van der Waals surface area contributed by atoms with E-state index in [2.05, 4.69) is 38.1 Å². The first-order chi connectivity index (χ1) is 7.06. The summed E-state index contributed by atoms with van der Waals surface area (Å²) < 4.78 is 0. The van der Waals surface area contributed by atoms with Gasteiger partial charge in [-0.3, -0.25) is 0 Å². The van der Waals surface area contributed by atoms with Gasteiger partial charge in [-0.2, -0.15) is 11.8 Å². The SMILES string of the molecule is CSCC(C)N(C)c1cc(C)ccc1N. The quantitative estimate of drug-likeness (QED) is 0.797. The van der Waals surface area contributed by atoms with Gasteiger partial charge in [-0.1, -0.05) is 6.07 Å². The third-order valence-corrected chi connectivity index (χ3v) is 3.45. The van der Waals surface area contributed by atoms with Crippen LogP contribution in [-0.2, 0) is 0 Å². The predicted octanol–water partition coefficient (Wildman–Crippen LogP) is 2.76. The van der Waals surface area contributed by atoms with Crippen LogP contribution < -0.4 is 10.6 Å². The molecule has 3 heteroatoms. The van der Waals surface area contributed by atoms with Gasteiger partial charge in [0.2, 0.25) is 0 Å².